The Balaban J connectivity index is 3.41. The van der Waals surface area contributed by atoms with Gasteiger partial charge in [0.2, 0.25) is 11.1 Å². The second-order valence-corrected chi connectivity index (χ2v) is 2.86. The van der Waals surface area contributed by atoms with E-state index in [0.717, 1.165) is 14.2 Å². The average Bonchev–Trinajstić information content (AvgIpc) is 2.70. The van der Waals surface area contributed by atoms with E-state index in [1.54, 1.807) is 0 Å². The van der Waals surface area contributed by atoms with Crippen LogP contribution in [-0.4, -0.2) is 30.3 Å². The molecule has 1 rings (SSSR count). The standard InChI is InChI=1S/C9H9N3O5/c1-4-11-5(8(13)15-2)7(17-4)6(12-10)9(14)16-3/h1-3H3/p+1. The van der Waals surface area contributed by atoms with Crippen molar-refractivity contribution in [2.45, 2.75) is 6.92 Å². The molecule has 0 fully saturated rings. The lowest BCUT2D eigenvalue weighted by Gasteiger charge is -1.94. The Labute approximate surface area is 96.1 Å². The minimum Gasteiger partial charge on any atom is -0.475 e. The van der Waals surface area contributed by atoms with E-state index in [2.05, 4.69) is 19.4 Å². The summed E-state index contributed by atoms with van der Waals surface area (Å²) < 4.78 is 14.0. The van der Waals surface area contributed by atoms with E-state index < -0.39 is 17.6 Å². The molecule has 1 aromatic heterocycles. The van der Waals surface area contributed by atoms with Crippen LogP contribution in [0, 0.1) is 12.3 Å². The SMILES string of the molecule is COC(=O)c1nc(C)oc1/C([N+]#N)=C(\O)OC. The number of aryl methyl sites for hydroxylation is 1. The highest BCUT2D eigenvalue weighted by molar-refractivity contribution is 5.93. The predicted molar refractivity (Wildman–Crippen MR) is 54.2 cm³/mol. The van der Waals surface area contributed by atoms with E-state index in [1.165, 1.54) is 6.92 Å². The van der Waals surface area contributed by atoms with Crippen molar-refractivity contribution in [1.82, 2.24) is 4.98 Å². The predicted octanol–water partition coefficient (Wildman–Crippen LogP) is 1.45. The molecule has 1 N–H and O–H groups in total. The zero-order valence-corrected chi connectivity index (χ0v) is 9.42. The number of diazo groups is 1. The van der Waals surface area contributed by atoms with E-state index in [1.807, 2.05) is 0 Å². The van der Waals surface area contributed by atoms with E-state index in [9.17, 15) is 9.90 Å². The maximum atomic E-state index is 11.4. The third-order valence-electron chi connectivity index (χ3n) is 1.82. The molecule has 8 heteroatoms. The highest BCUT2D eigenvalue weighted by Gasteiger charge is 2.35. The first-order valence-electron chi connectivity index (χ1n) is 4.43. The molecular weight excluding hydrogens is 230 g/mol. The number of nitrogens with zero attached hydrogens (tertiary/aromatic N) is 3. The van der Waals surface area contributed by atoms with Gasteiger partial charge in [-0.05, 0) is 0 Å². The van der Waals surface area contributed by atoms with Gasteiger partial charge in [0.05, 0.1) is 14.2 Å². The van der Waals surface area contributed by atoms with E-state index >= 15 is 0 Å². The second-order valence-electron chi connectivity index (χ2n) is 2.86. The van der Waals surface area contributed by atoms with Gasteiger partial charge in [-0.3, -0.25) is 0 Å². The smallest absolute Gasteiger partial charge is 0.475 e. The van der Waals surface area contributed by atoms with Crippen molar-refractivity contribution in [1.29, 1.82) is 5.39 Å². The van der Waals surface area contributed by atoms with Gasteiger partial charge in [-0.25, -0.2) is 9.78 Å². The van der Waals surface area contributed by atoms with Gasteiger partial charge in [-0.1, -0.05) is 0 Å². The largest absolute Gasteiger partial charge is 0.508 e. The number of esters is 1. The number of hydrogen-bond donors (Lipinski definition) is 1. The fourth-order valence-electron chi connectivity index (χ4n) is 1.10. The van der Waals surface area contributed by atoms with E-state index in [-0.39, 0.29) is 17.3 Å². The molecule has 90 valence electrons. The summed E-state index contributed by atoms with van der Waals surface area (Å²) in [6.45, 7) is 1.48. The Bertz CT molecular complexity index is 511. The van der Waals surface area contributed by atoms with Gasteiger partial charge in [0.1, 0.15) is 0 Å². The lowest BCUT2D eigenvalue weighted by Crippen LogP contribution is -2.05. The monoisotopic (exact) mass is 240 g/mol. The third kappa shape index (κ3) is 2.34. The minimum atomic E-state index is -0.790. The maximum Gasteiger partial charge on any atom is 0.508 e. The Kier molecular flexibility index (Phi) is 3.66. The van der Waals surface area contributed by atoms with Crippen LogP contribution in [0.15, 0.2) is 10.4 Å². The second kappa shape index (κ2) is 4.98. The van der Waals surface area contributed by atoms with Crippen LogP contribution in [0.2, 0.25) is 0 Å². The molecule has 0 aliphatic carbocycles. The minimum absolute atomic E-state index is 0.144. The number of carbonyl (C=O) groups is 1. The Morgan fingerprint density at radius 2 is 2.12 bits per heavy atom. The number of oxazole rings is 1. The van der Waals surface area contributed by atoms with Gasteiger partial charge in [-0.2, -0.15) is 0 Å². The van der Waals surface area contributed by atoms with Crippen LogP contribution in [-0.2, 0) is 9.47 Å². The van der Waals surface area contributed by atoms with Crippen molar-refractivity contribution >= 4 is 11.7 Å². The zero-order chi connectivity index (χ0) is 13.0. The molecule has 0 radical (unpaired) electrons. The topological polar surface area (TPSA) is 110 Å². The Hall–Kier alpha value is -2.56. The molecule has 1 aromatic rings. The molecule has 0 spiro atoms. The molecule has 0 atom stereocenters. The molecule has 0 saturated heterocycles. The molecule has 0 aromatic carbocycles. The molecule has 0 amide bonds. The van der Waals surface area contributed by atoms with Gasteiger partial charge in [0, 0.05) is 6.92 Å². The lowest BCUT2D eigenvalue weighted by atomic mass is 10.3. The van der Waals surface area contributed by atoms with Crippen LogP contribution in [0.1, 0.15) is 22.1 Å². The number of aliphatic hydroxyl groups is 1. The number of aromatic nitrogens is 1. The van der Waals surface area contributed by atoms with Crippen molar-refractivity contribution in [2.24, 2.45) is 0 Å². The summed E-state index contributed by atoms with van der Waals surface area (Å²) in [5, 5.41) is 18.1. The summed E-state index contributed by atoms with van der Waals surface area (Å²) in [7, 11) is 2.31. The average molecular weight is 240 g/mol. The maximum absolute atomic E-state index is 11.4. The van der Waals surface area contributed by atoms with Crippen molar-refractivity contribution < 1.29 is 23.8 Å². The Morgan fingerprint density at radius 1 is 1.47 bits per heavy atom. The fourth-order valence-corrected chi connectivity index (χ4v) is 1.10. The molecule has 1 heterocycles. The first-order chi connectivity index (χ1) is 8.04. The van der Waals surface area contributed by atoms with Gasteiger partial charge < -0.3 is 19.0 Å². The normalized spacial score (nSPS) is 11.4. The highest BCUT2D eigenvalue weighted by Crippen LogP contribution is 2.24. The number of aliphatic hydroxyl groups excluding tert-OH is 1. The number of rotatable bonds is 3. The van der Waals surface area contributed by atoms with Crippen LogP contribution in [0.5, 0.6) is 0 Å². The van der Waals surface area contributed by atoms with Gasteiger partial charge in [0.15, 0.2) is 10.9 Å². The summed E-state index contributed by atoms with van der Waals surface area (Å²) in [4.78, 5) is 17.9. The van der Waals surface area contributed by atoms with Gasteiger partial charge in [-0.15, -0.1) is 0 Å². The van der Waals surface area contributed by atoms with Gasteiger partial charge in [0.25, 0.3) is 5.76 Å². The number of methoxy groups -OCH3 is 2. The van der Waals surface area contributed by atoms with Crippen LogP contribution in [0.4, 0.5) is 0 Å². The molecule has 0 saturated carbocycles. The van der Waals surface area contributed by atoms with Crippen LogP contribution in [0.3, 0.4) is 0 Å². The van der Waals surface area contributed by atoms with Gasteiger partial charge >= 0.3 is 17.6 Å². The lowest BCUT2D eigenvalue weighted by molar-refractivity contribution is 0.0593. The first-order valence-corrected chi connectivity index (χ1v) is 4.43. The first kappa shape index (κ1) is 12.5. The zero-order valence-electron chi connectivity index (χ0n) is 9.42. The number of carbonyl (C=O) groups excluding carboxylic acids is 1. The quantitative estimate of drug-likeness (QED) is 0.483. The highest BCUT2D eigenvalue weighted by atomic mass is 16.6. The van der Waals surface area contributed by atoms with Crippen LogP contribution >= 0.6 is 0 Å². The summed E-state index contributed by atoms with van der Waals surface area (Å²) >= 11 is 0. The van der Waals surface area contributed by atoms with Crippen molar-refractivity contribution in [3.05, 3.63) is 28.3 Å². The molecule has 8 nitrogen and oxygen atoms in total. The molecule has 17 heavy (non-hydrogen) atoms. The molecule has 0 aliphatic rings. The van der Waals surface area contributed by atoms with Crippen molar-refractivity contribution in [3.63, 3.8) is 0 Å². The number of hydrogen-bond acceptors (Lipinski definition) is 7. The van der Waals surface area contributed by atoms with Crippen LogP contribution < -0.4 is 0 Å². The molecule has 0 aliphatic heterocycles. The molecule has 0 bridgehead atoms. The molecule has 0 unspecified atom stereocenters. The van der Waals surface area contributed by atoms with Crippen molar-refractivity contribution in [2.75, 3.05) is 14.2 Å². The summed E-state index contributed by atoms with van der Waals surface area (Å²) in [5.74, 6) is -1.60. The molecular formula is C9H10N3O5+. The number of ether oxygens (including phenoxy) is 2. The summed E-state index contributed by atoms with van der Waals surface area (Å²) in [6, 6.07) is 0. The summed E-state index contributed by atoms with van der Waals surface area (Å²) in [5.41, 5.74) is -0.671. The van der Waals surface area contributed by atoms with E-state index in [4.69, 9.17) is 9.81 Å². The third-order valence-corrected chi connectivity index (χ3v) is 1.82. The Morgan fingerprint density at radius 3 is 2.59 bits per heavy atom. The summed E-state index contributed by atoms with van der Waals surface area (Å²) in [6.07, 6.45) is 0. The van der Waals surface area contributed by atoms with Crippen LogP contribution in [0.25, 0.3) is 10.7 Å². The van der Waals surface area contributed by atoms with Crippen molar-refractivity contribution in [3.8, 4) is 0 Å². The fraction of sp³-hybridized carbons (Fsp3) is 0.333. The van der Waals surface area contributed by atoms with E-state index in [0.29, 0.717) is 0 Å².